The highest BCUT2D eigenvalue weighted by Gasteiger charge is 2.37. The van der Waals surface area contributed by atoms with Gasteiger partial charge in [-0.1, -0.05) is 105 Å². The van der Waals surface area contributed by atoms with Gasteiger partial charge in [0.1, 0.15) is 66.4 Å². The summed E-state index contributed by atoms with van der Waals surface area (Å²) in [5, 5.41) is 79.6. The number of aromatic amines is 2. The number of benzene rings is 4. The number of imidazole rings is 1. The fraction of sp³-hybridized carbons (Fsp3) is 0.419. The van der Waals surface area contributed by atoms with Gasteiger partial charge in [-0.15, -0.1) is 0 Å². The van der Waals surface area contributed by atoms with Crippen molar-refractivity contribution in [1.29, 1.82) is 10.8 Å². The Morgan fingerprint density at radius 2 is 0.964 bits per heavy atom. The lowest BCUT2D eigenvalue weighted by atomic mass is 10.0. The van der Waals surface area contributed by atoms with Gasteiger partial charge in [-0.05, 0) is 96.9 Å². The van der Waals surface area contributed by atoms with E-state index >= 15 is 14.4 Å². The summed E-state index contributed by atoms with van der Waals surface area (Å²) >= 11 is 1.38. The minimum Gasteiger partial charge on any atom is -0.508 e. The molecular weight excluding hydrogens is 1470 g/mol. The van der Waals surface area contributed by atoms with Crippen LogP contribution in [0.1, 0.15) is 80.3 Å². The van der Waals surface area contributed by atoms with E-state index in [-0.39, 0.29) is 83.0 Å². The van der Waals surface area contributed by atoms with Crippen LogP contribution in [0, 0.1) is 16.7 Å². The molecule has 0 saturated heterocycles. The van der Waals surface area contributed by atoms with Gasteiger partial charge in [0.25, 0.3) is 0 Å². The smallest absolute Gasteiger partial charge is 0.305 e. The van der Waals surface area contributed by atoms with E-state index in [4.69, 9.17) is 33.8 Å². The number of aromatic hydroxyl groups is 1. The summed E-state index contributed by atoms with van der Waals surface area (Å²) in [6, 6.07) is 15.3. The molecule has 0 saturated carbocycles. The molecule has 0 aliphatic rings. The monoisotopic (exact) mass is 1570 g/mol. The molecule has 0 aliphatic carbocycles. The summed E-state index contributed by atoms with van der Waals surface area (Å²) in [7, 11) is 0. The zero-order valence-electron chi connectivity index (χ0n) is 62.3. The first-order chi connectivity index (χ1) is 53.5. The second-order valence-electron chi connectivity index (χ2n) is 26.9. The second kappa shape index (κ2) is 45.7. The number of phenols is 1. The van der Waals surface area contributed by atoms with Crippen LogP contribution >= 0.6 is 11.8 Å². The molecule has 2 aromatic heterocycles. The van der Waals surface area contributed by atoms with E-state index in [2.05, 4.69) is 84.1 Å². The van der Waals surface area contributed by atoms with E-state index in [1.165, 1.54) is 36.4 Å². The zero-order chi connectivity index (χ0) is 81.8. The fourth-order valence-electron chi connectivity index (χ4n) is 11.7. The number of guanidine groups is 2. The number of amides is 11. The lowest BCUT2D eigenvalue weighted by Crippen LogP contribution is -2.61. The number of H-pyrrole nitrogens is 2. The summed E-state index contributed by atoms with van der Waals surface area (Å²) in [6.07, 6.45) is 2.43. The molecule has 38 heteroatoms. The fourth-order valence-corrected chi connectivity index (χ4v) is 12.2. The number of aromatic nitrogens is 3. The molecule has 0 spiro atoms. The van der Waals surface area contributed by atoms with Crippen molar-refractivity contribution in [3.63, 3.8) is 0 Å². The molecule has 6 aromatic rings. The Hall–Kier alpha value is -12.2. The van der Waals surface area contributed by atoms with Crippen molar-refractivity contribution in [2.45, 2.75) is 151 Å². The molecule has 6 rings (SSSR count). The summed E-state index contributed by atoms with van der Waals surface area (Å²) in [5.41, 5.74) is 26.0. The number of carboxylic acids is 1. The Labute approximate surface area is 650 Å². The first-order valence-corrected chi connectivity index (χ1v) is 37.6. The average molecular weight is 1570 g/mol. The minimum atomic E-state index is -1.98. The molecule has 0 radical (unpaired) electrons. The van der Waals surface area contributed by atoms with Crippen LogP contribution < -0.4 is 92.1 Å². The van der Waals surface area contributed by atoms with Crippen LogP contribution in [0.4, 0.5) is 0 Å². The van der Waals surface area contributed by atoms with E-state index in [9.17, 15) is 58.5 Å². The van der Waals surface area contributed by atoms with Crippen LogP contribution in [0.25, 0.3) is 10.9 Å². The molecule has 604 valence electrons. The molecule has 112 heavy (non-hydrogen) atoms. The predicted octanol–water partition coefficient (Wildman–Crippen LogP) is -3.28. The normalized spacial score (nSPS) is 14.0. The number of nitrogens with two attached hydrogens (primary N) is 4. The lowest BCUT2D eigenvalue weighted by molar-refractivity contribution is -0.141. The van der Waals surface area contributed by atoms with Crippen LogP contribution in [0.5, 0.6) is 5.75 Å². The van der Waals surface area contributed by atoms with E-state index in [0.717, 1.165) is 0 Å². The van der Waals surface area contributed by atoms with Gasteiger partial charge in [-0.2, -0.15) is 11.8 Å². The van der Waals surface area contributed by atoms with Gasteiger partial charge in [0.15, 0.2) is 11.9 Å². The predicted molar refractivity (Wildman–Crippen MR) is 416 cm³/mol. The quantitative estimate of drug-likeness (QED) is 0.00771. The number of hydrogen-bond donors (Lipinski definition) is 24. The largest absolute Gasteiger partial charge is 0.508 e. The third-order valence-electron chi connectivity index (χ3n) is 17.6. The Morgan fingerprint density at radius 3 is 1.48 bits per heavy atom. The van der Waals surface area contributed by atoms with Gasteiger partial charge in [-0.3, -0.25) is 68.4 Å². The number of para-hydroxylation sites is 1. The molecule has 1 unspecified atom stereocenters. The highest BCUT2D eigenvalue weighted by molar-refractivity contribution is 7.98. The molecule has 37 nitrogen and oxygen atoms in total. The Kier molecular flexibility index (Phi) is 36.2. The maximum absolute atomic E-state index is 15.2. The van der Waals surface area contributed by atoms with E-state index < -0.39 is 175 Å². The van der Waals surface area contributed by atoms with Crippen molar-refractivity contribution >= 4 is 106 Å². The first kappa shape index (κ1) is 88.7. The first-order valence-electron chi connectivity index (χ1n) is 36.2. The van der Waals surface area contributed by atoms with Gasteiger partial charge >= 0.3 is 5.97 Å². The van der Waals surface area contributed by atoms with Crippen molar-refractivity contribution in [3.8, 4) is 5.75 Å². The van der Waals surface area contributed by atoms with Crippen molar-refractivity contribution < 1.29 is 72.9 Å². The van der Waals surface area contributed by atoms with Gasteiger partial charge in [0, 0.05) is 67.8 Å². The van der Waals surface area contributed by atoms with Gasteiger partial charge in [-0.25, -0.2) is 4.98 Å². The summed E-state index contributed by atoms with van der Waals surface area (Å²) in [4.78, 5) is 180. The molecule has 11 amide bonds. The maximum Gasteiger partial charge on any atom is 0.305 e. The van der Waals surface area contributed by atoms with Crippen molar-refractivity contribution in [2.24, 2.45) is 28.9 Å². The number of thioether (sulfide) groups is 1. The molecule has 0 aliphatic heterocycles. The molecule has 2 heterocycles. The number of aliphatic hydroxyl groups is 1. The second-order valence-corrected chi connectivity index (χ2v) is 27.8. The number of nitrogens with one attached hydrogen (secondary N) is 17. The van der Waals surface area contributed by atoms with Crippen LogP contribution in [0.2, 0.25) is 0 Å². The number of carbonyl (C=O) groups is 12. The Morgan fingerprint density at radius 1 is 0.500 bits per heavy atom. The van der Waals surface area contributed by atoms with Crippen molar-refractivity contribution in [2.75, 3.05) is 38.2 Å². The zero-order valence-corrected chi connectivity index (χ0v) is 63.1. The molecule has 11 atom stereocenters. The van der Waals surface area contributed by atoms with E-state index in [1.807, 2.05) is 0 Å². The molecule has 4 aromatic carbocycles. The number of hydrogen-bond acceptors (Lipinski definition) is 20. The standard InChI is InChI=1S/C74H102N22O15S/c1-41(2)62(96-63(102)49(75)30-44-22-24-47(97)25-23-44)72(111)91-53(26-29-112-3)64(103)86-39-60(99)88-57(34-46-37-81-40-87-46)70(109)93-55(32-43-16-8-5-9-17-43)68(107)89-52(21-13-28-83-74(79)80)67(106)94-56(33-45-36-84-50-19-11-10-18-48(45)50)69(108)95-58(35-61(100)101)71(110)90-51(20-12-27-82-73(77)78)66(105)92-54(65(104)85-38-59(76)98)31-42-14-6-4-7-15-42/h4-11,14-19,22-25,36-37,40-41,49,51-59,62,84,97-98H,12-13,20-21,26-35,38-39,75-76H2,1-3H3,(H,81,87)(H,85,104)(H,86,103)(H,88,99)(H,89,107)(H,90,110)(H,91,111)(H,92,105)(H,93,109)(H,94,106)(H,95,108)(H,96,102)(H,100,101)(H4,77,78,82)(H4,79,80,83)/t49-,51-,52-,53-,54-,55-,56-,57-,58-,59?,62-/m0/s1. The van der Waals surface area contributed by atoms with Crippen molar-refractivity contribution in [1.82, 2.24) is 84.1 Å². The maximum atomic E-state index is 15.2. The highest BCUT2D eigenvalue weighted by Crippen LogP contribution is 2.21. The van der Waals surface area contributed by atoms with Gasteiger partial charge < -0.3 is 117 Å². The number of aliphatic hydroxyl groups excluding tert-OH is 1. The third kappa shape index (κ3) is 30.7. The third-order valence-corrected chi connectivity index (χ3v) is 18.2. The number of fused-ring (bicyclic) bond motifs is 1. The summed E-state index contributed by atoms with van der Waals surface area (Å²) in [5.74, 6) is -12.5. The number of rotatable bonds is 47. The SMILES string of the molecule is CSCC[C@H](NC(=O)[C@@H](NC(=O)[C@@H](N)Cc1ccc(O)cc1)C(C)C)C(=O)NCC(=O)N[C@@H](Cc1cnc[nH]1)C(=O)N[C@@H](Cc1ccccc1)C(=O)N[C@@H](CCCNC(=N)N)C(=O)N[C@@H](Cc1c[nH]c2ccccc12)C(=O)N[C@@H](CC(=O)O)C(=O)N[C@@H](CCCNC(=N)N)C(=O)N[C@@H](Cc1ccccc1)C(=O)NCC(N)O. The molecule has 0 bridgehead atoms. The van der Waals surface area contributed by atoms with Crippen molar-refractivity contribution in [3.05, 3.63) is 156 Å². The lowest BCUT2D eigenvalue weighted by Gasteiger charge is -2.28. The van der Waals surface area contributed by atoms with E-state index in [1.54, 1.807) is 123 Å². The van der Waals surface area contributed by atoms with Crippen LogP contribution in [0.3, 0.4) is 0 Å². The van der Waals surface area contributed by atoms with Crippen LogP contribution in [-0.2, 0) is 89.6 Å². The Balaban J connectivity index is 1.25. The average Bonchev–Trinajstić information content (AvgIpc) is 1.76. The van der Waals surface area contributed by atoms with Crippen LogP contribution in [0.15, 0.2) is 128 Å². The molecular formula is C74H102N22O15S. The topological polar surface area (TPSA) is 618 Å². The van der Waals surface area contributed by atoms with E-state index in [0.29, 0.717) is 44.6 Å². The van der Waals surface area contributed by atoms with Gasteiger partial charge in [0.05, 0.1) is 31.9 Å². The van der Waals surface area contributed by atoms with Crippen LogP contribution in [-0.4, -0.2) is 218 Å². The molecule has 0 fully saturated rings. The number of nitrogens with zero attached hydrogens (tertiary/aromatic N) is 1. The number of aliphatic carboxylic acids is 1. The number of carboxylic acid groups (broad SMARTS) is 1. The molecule has 28 N–H and O–H groups in total. The minimum absolute atomic E-state index is 0.0115. The number of carbonyl (C=O) groups excluding carboxylic acids is 11. The summed E-state index contributed by atoms with van der Waals surface area (Å²) in [6.45, 7) is 2.24. The number of phenolic OH excluding ortho intramolecular Hbond substituents is 1. The van der Waals surface area contributed by atoms with Gasteiger partial charge in [0.2, 0.25) is 65.0 Å². The summed E-state index contributed by atoms with van der Waals surface area (Å²) < 4.78 is 0. The highest BCUT2D eigenvalue weighted by atomic mass is 32.2. The Bertz CT molecular complexity index is 4140.